The first kappa shape index (κ1) is 13.2. The summed E-state index contributed by atoms with van der Waals surface area (Å²) in [4.78, 5) is 6.03. The molecule has 0 spiro atoms. The number of aryl methyl sites for hydroxylation is 2. The standard InChI is InChI=1S/C15H20N2S/c1-4-8-16-10-14-12(3)17-15(18-14)13-7-5-6-11(2)9-13/h5-7,9,16H,4,8,10H2,1-3H3. The van der Waals surface area contributed by atoms with Gasteiger partial charge in [-0.05, 0) is 32.9 Å². The van der Waals surface area contributed by atoms with Crippen LogP contribution in [0.5, 0.6) is 0 Å². The largest absolute Gasteiger partial charge is 0.312 e. The first-order valence-corrected chi connectivity index (χ1v) is 7.26. The van der Waals surface area contributed by atoms with Crippen molar-refractivity contribution in [2.75, 3.05) is 6.54 Å². The van der Waals surface area contributed by atoms with Crippen molar-refractivity contribution in [1.29, 1.82) is 0 Å². The molecule has 1 aromatic carbocycles. The second kappa shape index (κ2) is 6.12. The van der Waals surface area contributed by atoms with E-state index in [9.17, 15) is 0 Å². The summed E-state index contributed by atoms with van der Waals surface area (Å²) in [5.41, 5.74) is 3.66. The molecule has 1 N–H and O–H groups in total. The van der Waals surface area contributed by atoms with Crippen molar-refractivity contribution in [3.63, 3.8) is 0 Å². The van der Waals surface area contributed by atoms with Crippen LogP contribution in [-0.2, 0) is 6.54 Å². The Hall–Kier alpha value is -1.19. The van der Waals surface area contributed by atoms with Gasteiger partial charge in [-0.25, -0.2) is 4.98 Å². The van der Waals surface area contributed by atoms with Crippen molar-refractivity contribution >= 4 is 11.3 Å². The fourth-order valence-corrected chi connectivity index (χ4v) is 2.90. The molecule has 2 nitrogen and oxygen atoms in total. The molecule has 0 aliphatic rings. The van der Waals surface area contributed by atoms with Crippen LogP contribution in [0.4, 0.5) is 0 Å². The fourth-order valence-electron chi connectivity index (χ4n) is 1.87. The van der Waals surface area contributed by atoms with E-state index in [1.165, 1.54) is 22.4 Å². The molecule has 0 aliphatic carbocycles. The van der Waals surface area contributed by atoms with Crippen molar-refractivity contribution in [1.82, 2.24) is 10.3 Å². The van der Waals surface area contributed by atoms with Gasteiger partial charge in [-0.15, -0.1) is 11.3 Å². The van der Waals surface area contributed by atoms with Crippen molar-refractivity contribution in [3.8, 4) is 10.6 Å². The molecule has 3 heteroatoms. The minimum Gasteiger partial charge on any atom is -0.312 e. The van der Waals surface area contributed by atoms with Gasteiger partial charge in [0.25, 0.3) is 0 Å². The lowest BCUT2D eigenvalue weighted by Crippen LogP contribution is -2.13. The lowest BCUT2D eigenvalue weighted by atomic mass is 10.1. The third-order valence-corrected chi connectivity index (χ3v) is 4.08. The van der Waals surface area contributed by atoms with E-state index in [1.807, 2.05) is 0 Å². The molecule has 18 heavy (non-hydrogen) atoms. The second-order valence-electron chi connectivity index (χ2n) is 4.57. The van der Waals surface area contributed by atoms with Crippen LogP contribution in [-0.4, -0.2) is 11.5 Å². The molecule has 1 aromatic heterocycles. The number of hydrogen-bond acceptors (Lipinski definition) is 3. The summed E-state index contributed by atoms with van der Waals surface area (Å²) >= 11 is 1.80. The van der Waals surface area contributed by atoms with E-state index < -0.39 is 0 Å². The molecule has 1 heterocycles. The Morgan fingerprint density at radius 2 is 2.11 bits per heavy atom. The quantitative estimate of drug-likeness (QED) is 0.824. The van der Waals surface area contributed by atoms with Gasteiger partial charge in [-0.3, -0.25) is 0 Å². The Labute approximate surface area is 113 Å². The highest BCUT2D eigenvalue weighted by atomic mass is 32.1. The lowest BCUT2D eigenvalue weighted by Gasteiger charge is -2.00. The number of thiazole rings is 1. The fraction of sp³-hybridized carbons (Fsp3) is 0.400. The summed E-state index contributed by atoms with van der Waals surface area (Å²) in [5, 5.41) is 4.57. The molecule has 0 saturated heterocycles. The van der Waals surface area contributed by atoms with E-state index in [4.69, 9.17) is 0 Å². The maximum Gasteiger partial charge on any atom is 0.123 e. The Morgan fingerprint density at radius 1 is 1.28 bits per heavy atom. The van der Waals surface area contributed by atoms with E-state index in [1.54, 1.807) is 11.3 Å². The van der Waals surface area contributed by atoms with Crippen molar-refractivity contribution < 1.29 is 0 Å². The number of nitrogens with one attached hydrogen (secondary N) is 1. The topological polar surface area (TPSA) is 24.9 Å². The van der Waals surface area contributed by atoms with Crippen LogP contribution in [0.1, 0.15) is 29.5 Å². The molecular weight excluding hydrogens is 240 g/mol. The Kier molecular flexibility index (Phi) is 4.50. The molecule has 0 fully saturated rings. The highest BCUT2D eigenvalue weighted by Crippen LogP contribution is 2.28. The van der Waals surface area contributed by atoms with Crippen LogP contribution in [0.25, 0.3) is 10.6 Å². The minimum absolute atomic E-state index is 0.934. The van der Waals surface area contributed by atoms with Gasteiger partial charge in [0.2, 0.25) is 0 Å². The van der Waals surface area contributed by atoms with E-state index in [2.05, 4.69) is 55.3 Å². The summed E-state index contributed by atoms with van der Waals surface area (Å²) in [7, 11) is 0. The molecule has 96 valence electrons. The Bertz CT molecular complexity index is 517. The maximum atomic E-state index is 4.68. The predicted octanol–water partition coefficient (Wildman–Crippen LogP) is 3.93. The SMILES string of the molecule is CCCNCc1sc(-c2cccc(C)c2)nc1C. The van der Waals surface area contributed by atoms with Crippen molar-refractivity contribution in [3.05, 3.63) is 40.4 Å². The molecule has 0 amide bonds. The number of aromatic nitrogens is 1. The molecule has 0 aliphatic heterocycles. The molecule has 2 rings (SSSR count). The smallest absolute Gasteiger partial charge is 0.123 e. The van der Waals surface area contributed by atoms with Gasteiger partial charge in [-0.1, -0.05) is 30.7 Å². The van der Waals surface area contributed by atoms with Gasteiger partial charge >= 0.3 is 0 Å². The molecule has 2 aromatic rings. The zero-order chi connectivity index (χ0) is 13.0. The van der Waals surface area contributed by atoms with E-state index in [0.29, 0.717) is 0 Å². The summed E-state index contributed by atoms with van der Waals surface area (Å²) in [6.45, 7) is 8.40. The molecular formula is C15H20N2S. The normalized spacial score (nSPS) is 10.8. The van der Waals surface area contributed by atoms with Crippen LogP contribution in [0.3, 0.4) is 0 Å². The van der Waals surface area contributed by atoms with Crippen LogP contribution in [0.15, 0.2) is 24.3 Å². The highest BCUT2D eigenvalue weighted by Gasteiger charge is 2.08. The second-order valence-corrected chi connectivity index (χ2v) is 5.66. The number of benzene rings is 1. The van der Waals surface area contributed by atoms with Crippen LogP contribution < -0.4 is 5.32 Å². The third kappa shape index (κ3) is 3.18. The zero-order valence-corrected chi connectivity index (χ0v) is 12.1. The third-order valence-electron chi connectivity index (χ3n) is 2.87. The highest BCUT2D eigenvalue weighted by molar-refractivity contribution is 7.15. The monoisotopic (exact) mass is 260 g/mol. The van der Waals surface area contributed by atoms with E-state index >= 15 is 0 Å². The molecule has 0 atom stereocenters. The summed E-state index contributed by atoms with van der Waals surface area (Å²) < 4.78 is 0. The van der Waals surface area contributed by atoms with Gasteiger partial charge in [-0.2, -0.15) is 0 Å². The average Bonchev–Trinajstić information content (AvgIpc) is 2.72. The lowest BCUT2D eigenvalue weighted by molar-refractivity contribution is 0.678. The van der Waals surface area contributed by atoms with E-state index in [-0.39, 0.29) is 0 Å². The van der Waals surface area contributed by atoms with Crippen molar-refractivity contribution in [2.45, 2.75) is 33.7 Å². The average molecular weight is 260 g/mol. The Balaban J connectivity index is 2.18. The number of nitrogens with zero attached hydrogens (tertiary/aromatic N) is 1. The maximum absolute atomic E-state index is 4.68. The van der Waals surface area contributed by atoms with Crippen molar-refractivity contribution in [2.24, 2.45) is 0 Å². The molecule has 0 saturated carbocycles. The van der Waals surface area contributed by atoms with Gasteiger partial charge in [0.05, 0.1) is 5.69 Å². The van der Waals surface area contributed by atoms with E-state index in [0.717, 1.165) is 23.8 Å². The van der Waals surface area contributed by atoms with Crippen LogP contribution >= 0.6 is 11.3 Å². The van der Waals surface area contributed by atoms with Gasteiger partial charge in [0.15, 0.2) is 0 Å². The van der Waals surface area contributed by atoms with Crippen LogP contribution in [0, 0.1) is 13.8 Å². The molecule has 0 bridgehead atoms. The number of rotatable bonds is 5. The summed E-state index contributed by atoms with van der Waals surface area (Å²) in [6.07, 6.45) is 1.17. The van der Waals surface area contributed by atoms with Gasteiger partial charge in [0.1, 0.15) is 5.01 Å². The first-order valence-electron chi connectivity index (χ1n) is 6.44. The predicted molar refractivity (Wildman–Crippen MR) is 79.0 cm³/mol. The molecule has 0 unspecified atom stereocenters. The van der Waals surface area contributed by atoms with Gasteiger partial charge in [0, 0.05) is 17.0 Å². The number of hydrogen-bond donors (Lipinski definition) is 1. The summed E-state index contributed by atoms with van der Waals surface area (Å²) in [5.74, 6) is 0. The van der Waals surface area contributed by atoms with Crippen LogP contribution in [0.2, 0.25) is 0 Å². The summed E-state index contributed by atoms with van der Waals surface area (Å²) in [6, 6.07) is 8.54. The first-order chi connectivity index (χ1) is 8.70. The van der Waals surface area contributed by atoms with Gasteiger partial charge < -0.3 is 5.32 Å². The zero-order valence-electron chi connectivity index (χ0n) is 11.3. The molecule has 0 radical (unpaired) electrons. The minimum atomic E-state index is 0.934. The Morgan fingerprint density at radius 3 is 2.83 bits per heavy atom.